The second kappa shape index (κ2) is 2.35. The topological polar surface area (TPSA) is 0 Å². The summed E-state index contributed by atoms with van der Waals surface area (Å²) in [7, 11) is 0. The fraction of sp³-hybridized carbons (Fsp3) is 0.429. The van der Waals surface area contributed by atoms with Crippen molar-refractivity contribution in [1.29, 1.82) is 0 Å². The smallest absolute Gasteiger partial charge is 0.103 e. The van der Waals surface area contributed by atoms with Crippen LogP contribution >= 0.6 is 0 Å². The monoisotopic (exact) mass is 303 g/mol. The van der Waals surface area contributed by atoms with Crippen LogP contribution in [0.4, 0.5) is 4.39 Å². The van der Waals surface area contributed by atoms with Gasteiger partial charge in [0.05, 0.1) is 0 Å². The molecule has 0 aromatic carbocycles. The molecule has 2 rings (SSSR count). The normalized spacial score (nSPS) is 36.3. The Kier molecular flexibility index (Phi) is 1.88. The molecule has 1 radical (unpaired) electrons. The third-order valence-corrected chi connectivity index (χ3v) is 1.84. The number of allylic oxidation sites excluding steroid dienone is 4. The van der Waals surface area contributed by atoms with Crippen LogP contribution in [0.3, 0.4) is 0 Å². The van der Waals surface area contributed by atoms with E-state index in [1.807, 2.05) is 6.08 Å². The van der Waals surface area contributed by atoms with Crippen molar-refractivity contribution in [3.8, 4) is 0 Å². The number of hydrogen-bond donors (Lipinski definition) is 0. The predicted octanol–water partition coefficient (Wildman–Crippen LogP) is 2.04. The Balaban J connectivity index is 0.000000405. The van der Waals surface area contributed by atoms with E-state index in [4.69, 9.17) is 0 Å². The summed E-state index contributed by atoms with van der Waals surface area (Å²) in [5.41, 5.74) is 0. The van der Waals surface area contributed by atoms with Crippen LogP contribution in [-0.4, -0.2) is 0 Å². The van der Waals surface area contributed by atoms with Gasteiger partial charge in [0.1, 0.15) is 5.83 Å². The van der Waals surface area contributed by atoms with Gasteiger partial charge in [0, 0.05) is 26.0 Å². The SMILES string of the molecule is FC1=CC2C=CC1C2.[Ir]. The van der Waals surface area contributed by atoms with E-state index in [1.54, 1.807) is 6.08 Å². The Morgan fingerprint density at radius 3 is 2.44 bits per heavy atom. The molecule has 0 amide bonds. The Morgan fingerprint density at radius 2 is 2.22 bits per heavy atom. The number of hydrogen-bond acceptors (Lipinski definition) is 0. The van der Waals surface area contributed by atoms with Crippen molar-refractivity contribution in [2.24, 2.45) is 11.8 Å². The minimum Gasteiger partial charge on any atom is -0.212 e. The molecule has 0 aromatic rings. The molecule has 0 aromatic heterocycles. The van der Waals surface area contributed by atoms with Crippen LogP contribution in [0.25, 0.3) is 0 Å². The Bertz CT molecular complexity index is 172. The fourth-order valence-corrected chi connectivity index (χ4v) is 1.38. The number of halogens is 1. The standard InChI is InChI=1S/C7H7F.Ir/c8-7-4-5-1-2-6(7)3-5;/h1-2,4-6H,3H2;. The molecular weight excluding hydrogens is 295 g/mol. The first kappa shape index (κ1) is 7.17. The molecule has 0 nitrogen and oxygen atoms in total. The second-order valence-electron chi connectivity index (χ2n) is 2.44. The van der Waals surface area contributed by atoms with Crippen molar-refractivity contribution in [1.82, 2.24) is 0 Å². The molecule has 0 fully saturated rings. The number of rotatable bonds is 0. The minimum absolute atomic E-state index is 0. The van der Waals surface area contributed by atoms with E-state index in [-0.39, 0.29) is 31.9 Å². The number of fused-ring (bicyclic) bond motifs is 2. The Hall–Kier alpha value is 0.0594. The van der Waals surface area contributed by atoms with Crippen molar-refractivity contribution in [2.45, 2.75) is 6.42 Å². The van der Waals surface area contributed by atoms with Gasteiger partial charge in [0.15, 0.2) is 0 Å². The van der Waals surface area contributed by atoms with E-state index < -0.39 is 0 Å². The third kappa shape index (κ3) is 1.02. The molecule has 0 heterocycles. The summed E-state index contributed by atoms with van der Waals surface area (Å²) < 4.78 is 12.4. The van der Waals surface area contributed by atoms with Crippen LogP contribution in [0.1, 0.15) is 6.42 Å². The molecule has 0 spiro atoms. The predicted molar refractivity (Wildman–Crippen MR) is 29.9 cm³/mol. The minimum atomic E-state index is 0. The molecule has 2 bridgehead atoms. The van der Waals surface area contributed by atoms with Crippen molar-refractivity contribution in [3.63, 3.8) is 0 Å². The maximum absolute atomic E-state index is 12.4. The molecule has 0 N–H and O–H groups in total. The molecule has 9 heavy (non-hydrogen) atoms. The maximum Gasteiger partial charge on any atom is 0.103 e. The maximum atomic E-state index is 12.4. The van der Waals surface area contributed by atoms with Gasteiger partial charge in [-0.2, -0.15) is 0 Å². The Labute approximate surface area is 67.2 Å². The van der Waals surface area contributed by atoms with Gasteiger partial charge in [0.2, 0.25) is 0 Å². The van der Waals surface area contributed by atoms with Crippen LogP contribution in [0.5, 0.6) is 0 Å². The molecule has 2 atom stereocenters. The van der Waals surface area contributed by atoms with Gasteiger partial charge in [-0.25, -0.2) is 4.39 Å². The molecule has 2 unspecified atom stereocenters. The summed E-state index contributed by atoms with van der Waals surface area (Å²) >= 11 is 0. The van der Waals surface area contributed by atoms with Crippen molar-refractivity contribution >= 4 is 0 Å². The first-order chi connectivity index (χ1) is 3.86. The van der Waals surface area contributed by atoms with Crippen LogP contribution < -0.4 is 0 Å². The Morgan fingerprint density at radius 1 is 1.44 bits per heavy atom. The van der Waals surface area contributed by atoms with E-state index in [9.17, 15) is 4.39 Å². The van der Waals surface area contributed by atoms with Crippen LogP contribution in [-0.2, 0) is 20.1 Å². The summed E-state index contributed by atoms with van der Waals surface area (Å²) in [5, 5.41) is 0. The molecule has 0 saturated carbocycles. The molecule has 51 valence electrons. The van der Waals surface area contributed by atoms with E-state index in [0.717, 1.165) is 6.42 Å². The van der Waals surface area contributed by atoms with Gasteiger partial charge in [-0.05, 0) is 18.4 Å². The van der Waals surface area contributed by atoms with Crippen molar-refractivity contribution in [2.75, 3.05) is 0 Å². The third-order valence-electron chi connectivity index (χ3n) is 1.84. The largest absolute Gasteiger partial charge is 0.212 e. The van der Waals surface area contributed by atoms with Crippen molar-refractivity contribution < 1.29 is 24.5 Å². The fourth-order valence-electron chi connectivity index (χ4n) is 1.38. The summed E-state index contributed by atoms with van der Waals surface area (Å²) in [6.45, 7) is 0. The first-order valence-corrected chi connectivity index (χ1v) is 2.92. The van der Waals surface area contributed by atoms with Gasteiger partial charge in [-0.3, -0.25) is 0 Å². The van der Waals surface area contributed by atoms with E-state index in [0.29, 0.717) is 5.92 Å². The summed E-state index contributed by atoms with van der Waals surface area (Å²) in [6, 6.07) is 0. The molecule has 0 aliphatic heterocycles. The van der Waals surface area contributed by atoms with Crippen LogP contribution in [0.2, 0.25) is 0 Å². The zero-order valence-corrected chi connectivity index (χ0v) is 7.20. The average Bonchev–Trinajstić information content (AvgIpc) is 2.23. The summed E-state index contributed by atoms with van der Waals surface area (Å²) in [4.78, 5) is 0. The molecule has 2 aliphatic carbocycles. The molecule has 2 aliphatic rings. The van der Waals surface area contributed by atoms with Crippen LogP contribution in [0.15, 0.2) is 24.1 Å². The van der Waals surface area contributed by atoms with Gasteiger partial charge in [-0.1, -0.05) is 12.2 Å². The zero-order valence-electron chi connectivity index (χ0n) is 4.81. The van der Waals surface area contributed by atoms with Gasteiger partial charge >= 0.3 is 0 Å². The van der Waals surface area contributed by atoms with Crippen LogP contribution in [0, 0.1) is 11.8 Å². The van der Waals surface area contributed by atoms with Gasteiger partial charge in [0.25, 0.3) is 0 Å². The summed E-state index contributed by atoms with van der Waals surface area (Å²) in [6.07, 6.45) is 6.74. The molecule has 2 heteroatoms. The van der Waals surface area contributed by atoms with Crippen molar-refractivity contribution in [3.05, 3.63) is 24.1 Å². The average molecular weight is 302 g/mol. The van der Waals surface area contributed by atoms with E-state index in [1.165, 1.54) is 0 Å². The van der Waals surface area contributed by atoms with E-state index >= 15 is 0 Å². The molecule has 0 saturated heterocycles. The van der Waals surface area contributed by atoms with Gasteiger partial charge < -0.3 is 0 Å². The van der Waals surface area contributed by atoms with E-state index in [2.05, 4.69) is 6.08 Å². The first-order valence-electron chi connectivity index (χ1n) is 2.92. The summed E-state index contributed by atoms with van der Waals surface area (Å²) in [5.74, 6) is 0.664. The van der Waals surface area contributed by atoms with Gasteiger partial charge in [-0.15, -0.1) is 0 Å². The zero-order chi connectivity index (χ0) is 5.56. The molecular formula is C7H7FIr. The second-order valence-corrected chi connectivity index (χ2v) is 2.44. The quantitative estimate of drug-likeness (QED) is 0.601.